The Hall–Kier alpha value is -2.40. The monoisotopic (exact) mass is 378 g/mol. The number of benzene rings is 1. The molecule has 2 heterocycles. The summed E-state index contributed by atoms with van der Waals surface area (Å²) in [6, 6.07) is 15.0. The molecule has 1 aliphatic heterocycles. The van der Waals surface area contributed by atoms with Gasteiger partial charge in [0.2, 0.25) is 0 Å². The first-order valence-corrected chi connectivity index (χ1v) is 10.5. The molecule has 0 saturated carbocycles. The maximum atomic E-state index is 12.4. The van der Waals surface area contributed by atoms with Crippen LogP contribution in [0.5, 0.6) is 0 Å². The van der Waals surface area contributed by atoms with Gasteiger partial charge in [0.15, 0.2) is 0 Å². The van der Waals surface area contributed by atoms with E-state index in [0.29, 0.717) is 5.92 Å². The van der Waals surface area contributed by atoms with Crippen LogP contribution in [0.1, 0.15) is 48.4 Å². The lowest BCUT2D eigenvalue weighted by molar-refractivity contribution is 0.185. The average molecular weight is 379 g/mol. The summed E-state index contributed by atoms with van der Waals surface area (Å²) in [6.07, 6.45) is 7.36. The Balaban J connectivity index is 1.19. The Kier molecular flexibility index (Phi) is 6.22. The second-order valence-electron chi connectivity index (χ2n) is 8.01. The molecule has 2 N–H and O–H groups in total. The number of rotatable bonds is 5. The van der Waals surface area contributed by atoms with Gasteiger partial charge in [-0.2, -0.15) is 0 Å². The van der Waals surface area contributed by atoms with Gasteiger partial charge in [-0.25, -0.2) is 4.79 Å². The first kappa shape index (κ1) is 18.9. The van der Waals surface area contributed by atoms with E-state index in [4.69, 9.17) is 0 Å². The molecule has 1 fully saturated rings. The third-order valence-electron chi connectivity index (χ3n) is 6.04. The molecule has 1 aromatic carbocycles. The highest BCUT2D eigenvalue weighted by atomic mass is 16.2. The smallest absolute Gasteiger partial charge is 0.315 e. The van der Waals surface area contributed by atoms with Crippen LogP contribution >= 0.6 is 0 Å². The molecule has 1 aliphatic carbocycles. The molecule has 5 heteroatoms. The number of hydrogen-bond acceptors (Lipinski definition) is 3. The van der Waals surface area contributed by atoms with Crippen molar-refractivity contribution in [3.8, 4) is 0 Å². The van der Waals surface area contributed by atoms with Crippen molar-refractivity contribution >= 4 is 6.03 Å². The van der Waals surface area contributed by atoms with E-state index in [1.54, 1.807) is 0 Å². The van der Waals surface area contributed by atoms with Gasteiger partial charge in [0.05, 0.1) is 5.69 Å². The predicted octanol–water partition coefficient (Wildman–Crippen LogP) is 3.47. The summed E-state index contributed by atoms with van der Waals surface area (Å²) in [5.74, 6) is 0.441. The van der Waals surface area contributed by atoms with Crippen molar-refractivity contribution in [1.29, 1.82) is 0 Å². The SMILES string of the molecule is O=C(NC[C@H]1CCCc2ccccc21)NC1CCN(Cc2ccccn2)CC1. The number of hydrogen-bond donors (Lipinski definition) is 2. The molecule has 0 unspecified atom stereocenters. The maximum absolute atomic E-state index is 12.4. The summed E-state index contributed by atoms with van der Waals surface area (Å²) in [5.41, 5.74) is 3.97. The second kappa shape index (κ2) is 9.20. The zero-order valence-corrected chi connectivity index (χ0v) is 16.4. The third kappa shape index (κ3) is 4.90. The zero-order valence-electron chi connectivity index (χ0n) is 16.4. The number of pyridine rings is 1. The van der Waals surface area contributed by atoms with Gasteiger partial charge in [-0.3, -0.25) is 9.88 Å². The van der Waals surface area contributed by atoms with Crippen LogP contribution in [-0.4, -0.2) is 41.6 Å². The van der Waals surface area contributed by atoms with Crippen molar-refractivity contribution in [2.75, 3.05) is 19.6 Å². The minimum absolute atomic E-state index is 0.0220. The first-order chi connectivity index (χ1) is 13.8. The summed E-state index contributed by atoms with van der Waals surface area (Å²) in [6.45, 7) is 3.61. The molecule has 2 amide bonds. The van der Waals surface area contributed by atoms with E-state index in [1.807, 2.05) is 18.3 Å². The first-order valence-electron chi connectivity index (χ1n) is 10.5. The molecule has 4 rings (SSSR count). The molecule has 2 aliphatic rings. The van der Waals surface area contributed by atoms with E-state index in [2.05, 4.69) is 50.8 Å². The number of piperidine rings is 1. The molecule has 148 valence electrons. The number of nitrogens with one attached hydrogen (secondary N) is 2. The minimum Gasteiger partial charge on any atom is -0.338 e. The largest absolute Gasteiger partial charge is 0.338 e. The fourth-order valence-electron chi connectivity index (χ4n) is 4.48. The molecule has 0 radical (unpaired) electrons. The normalized spacial score (nSPS) is 20.4. The van der Waals surface area contributed by atoms with Crippen LogP contribution in [0.2, 0.25) is 0 Å². The van der Waals surface area contributed by atoms with Gasteiger partial charge in [0.1, 0.15) is 0 Å². The van der Waals surface area contributed by atoms with Crippen LogP contribution in [0.15, 0.2) is 48.7 Å². The molecular formula is C23H30N4O. The number of carbonyl (C=O) groups excluding carboxylic acids is 1. The van der Waals surface area contributed by atoms with E-state index >= 15 is 0 Å². The number of likely N-dealkylation sites (tertiary alicyclic amines) is 1. The summed E-state index contributed by atoms with van der Waals surface area (Å²) < 4.78 is 0. The lowest BCUT2D eigenvalue weighted by Gasteiger charge is -2.32. The van der Waals surface area contributed by atoms with E-state index in [0.717, 1.165) is 57.6 Å². The Bertz CT molecular complexity index is 771. The van der Waals surface area contributed by atoms with Gasteiger partial charge in [-0.05, 0) is 55.4 Å². The highest BCUT2D eigenvalue weighted by Gasteiger charge is 2.23. The van der Waals surface area contributed by atoms with E-state index in [-0.39, 0.29) is 12.1 Å². The molecule has 1 atom stereocenters. The van der Waals surface area contributed by atoms with Crippen LogP contribution in [0.4, 0.5) is 4.79 Å². The van der Waals surface area contributed by atoms with Crippen molar-refractivity contribution in [3.05, 3.63) is 65.5 Å². The highest BCUT2D eigenvalue weighted by Crippen LogP contribution is 2.30. The van der Waals surface area contributed by atoms with E-state index in [1.165, 1.54) is 17.5 Å². The topological polar surface area (TPSA) is 57.3 Å². The van der Waals surface area contributed by atoms with Gasteiger partial charge in [0, 0.05) is 44.3 Å². The number of aromatic nitrogens is 1. The number of amides is 2. The van der Waals surface area contributed by atoms with Crippen LogP contribution < -0.4 is 10.6 Å². The van der Waals surface area contributed by atoms with Gasteiger partial charge >= 0.3 is 6.03 Å². The number of aryl methyl sites for hydroxylation is 1. The lowest BCUT2D eigenvalue weighted by atomic mass is 9.83. The van der Waals surface area contributed by atoms with Crippen LogP contribution in [0, 0.1) is 0 Å². The van der Waals surface area contributed by atoms with Gasteiger partial charge < -0.3 is 10.6 Å². The summed E-state index contributed by atoms with van der Waals surface area (Å²) in [5, 5.41) is 6.29. The van der Waals surface area contributed by atoms with Crippen molar-refractivity contribution in [3.63, 3.8) is 0 Å². The molecule has 1 saturated heterocycles. The summed E-state index contributed by atoms with van der Waals surface area (Å²) >= 11 is 0. The van der Waals surface area contributed by atoms with Crippen LogP contribution in [-0.2, 0) is 13.0 Å². The number of carbonyl (C=O) groups is 1. The molecule has 28 heavy (non-hydrogen) atoms. The lowest BCUT2D eigenvalue weighted by Crippen LogP contribution is -2.48. The minimum atomic E-state index is -0.0220. The van der Waals surface area contributed by atoms with Gasteiger partial charge in [-0.1, -0.05) is 30.3 Å². The maximum Gasteiger partial charge on any atom is 0.315 e. The molecule has 5 nitrogen and oxygen atoms in total. The van der Waals surface area contributed by atoms with Crippen LogP contribution in [0.3, 0.4) is 0 Å². The van der Waals surface area contributed by atoms with E-state index in [9.17, 15) is 4.79 Å². The Morgan fingerprint density at radius 2 is 1.89 bits per heavy atom. The van der Waals surface area contributed by atoms with E-state index < -0.39 is 0 Å². The summed E-state index contributed by atoms with van der Waals surface area (Å²) in [7, 11) is 0. The van der Waals surface area contributed by atoms with Crippen LogP contribution in [0.25, 0.3) is 0 Å². The molecule has 2 aromatic rings. The fourth-order valence-corrected chi connectivity index (χ4v) is 4.48. The predicted molar refractivity (Wildman–Crippen MR) is 111 cm³/mol. The molecule has 1 aromatic heterocycles. The molecule has 0 bridgehead atoms. The Morgan fingerprint density at radius 3 is 2.71 bits per heavy atom. The van der Waals surface area contributed by atoms with Crippen molar-refractivity contribution < 1.29 is 4.79 Å². The summed E-state index contributed by atoms with van der Waals surface area (Å²) in [4.78, 5) is 19.2. The fraction of sp³-hybridized carbons (Fsp3) is 0.478. The van der Waals surface area contributed by atoms with Gasteiger partial charge in [-0.15, -0.1) is 0 Å². The Labute approximate surface area is 167 Å². The zero-order chi connectivity index (χ0) is 19.2. The standard InChI is InChI=1S/C23H30N4O/c28-23(25-16-19-8-5-7-18-6-1-2-10-22(18)19)26-20-11-14-27(15-12-20)17-21-9-3-4-13-24-21/h1-4,6,9-10,13,19-20H,5,7-8,11-12,14-17H2,(H2,25,26,28)/t19-/m1/s1. The van der Waals surface area contributed by atoms with Crippen molar-refractivity contribution in [2.45, 2.75) is 50.6 Å². The number of fused-ring (bicyclic) bond motifs is 1. The highest BCUT2D eigenvalue weighted by molar-refractivity contribution is 5.74. The van der Waals surface area contributed by atoms with Gasteiger partial charge in [0.25, 0.3) is 0 Å². The quantitative estimate of drug-likeness (QED) is 0.838. The number of nitrogens with zero attached hydrogens (tertiary/aromatic N) is 2. The third-order valence-corrected chi connectivity index (χ3v) is 6.04. The van der Waals surface area contributed by atoms with Crippen molar-refractivity contribution in [1.82, 2.24) is 20.5 Å². The molecular weight excluding hydrogens is 348 g/mol. The van der Waals surface area contributed by atoms with Crippen molar-refractivity contribution in [2.24, 2.45) is 0 Å². The second-order valence-corrected chi connectivity index (χ2v) is 8.01. The average Bonchev–Trinajstić information content (AvgIpc) is 2.74. The Morgan fingerprint density at radius 1 is 1.07 bits per heavy atom. The molecule has 0 spiro atoms. The number of urea groups is 1.